The van der Waals surface area contributed by atoms with Crippen molar-refractivity contribution in [1.29, 1.82) is 0 Å². The Kier molecular flexibility index (Phi) is 10.6. The average molecular weight is 398 g/mol. The molecule has 118 valence electrons. The van der Waals surface area contributed by atoms with E-state index >= 15 is 0 Å². The lowest BCUT2D eigenvalue weighted by Gasteiger charge is -2.35. The van der Waals surface area contributed by atoms with Crippen LogP contribution in [0.5, 0.6) is 0 Å². The highest BCUT2D eigenvalue weighted by Crippen LogP contribution is 2.04. The number of nitrogens with zero attached hydrogens (tertiary/aromatic N) is 3. The Morgan fingerprint density at radius 1 is 1.20 bits per heavy atom. The van der Waals surface area contributed by atoms with E-state index in [-0.39, 0.29) is 30.1 Å². The van der Waals surface area contributed by atoms with E-state index in [2.05, 4.69) is 22.1 Å². The Bertz CT molecular complexity index is 305. The smallest absolute Gasteiger partial charge is 0.409 e. The summed E-state index contributed by atoms with van der Waals surface area (Å²) in [5.41, 5.74) is 0. The number of nitrogens with one attached hydrogen (secondary N) is 1. The lowest BCUT2D eigenvalue weighted by Crippen LogP contribution is -2.53. The molecule has 20 heavy (non-hydrogen) atoms. The zero-order valence-corrected chi connectivity index (χ0v) is 15.1. The summed E-state index contributed by atoms with van der Waals surface area (Å²) in [6.07, 6.45) is 2.10. The molecule has 7 heteroatoms. The Hall–Kier alpha value is -0.730. The first-order valence-electron chi connectivity index (χ1n) is 7.10. The second-order valence-electron chi connectivity index (χ2n) is 4.50. The molecule has 0 bridgehead atoms. The molecule has 1 N–H and O–H groups in total. The lowest BCUT2D eigenvalue weighted by atomic mass is 10.3. The summed E-state index contributed by atoms with van der Waals surface area (Å²) < 4.78 is 5.01. The van der Waals surface area contributed by atoms with Gasteiger partial charge in [-0.05, 0) is 13.3 Å². The van der Waals surface area contributed by atoms with Crippen molar-refractivity contribution in [2.45, 2.75) is 26.7 Å². The van der Waals surface area contributed by atoms with Gasteiger partial charge in [0, 0.05) is 39.8 Å². The van der Waals surface area contributed by atoms with Crippen LogP contribution in [0, 0.1) is 0 Å². The summed E-state index contributed by atoms with van der Waals surface area (Å²) in [6, 6.07) is 0. The third-order valence-corrected chi connectivity index (χ3v) is 3.13. The molecule has 0 radical (unpaired) electrons. The number of hydrogen-bond acceptors (Lipinski definition) is 3. The maximum absolute atomic E-state index is 11.6. The molecule has 1 amide bonds. The fourth-order valence-corrected chi connectivity index (χ4v) is 2.02. The molecule has 0 aromatic carbocycles. The summed E-state index contributed by atoms with van der Waals surface area (Å²) in [5, 5.41) is 3.35. The fourth-order valence-electron chi connectivity index (χ4n) is 2.02. The van der Waals surface area contributed by atoms with E-state index in [1.807, 2.05) is 6.92 Å². The number of piperazine rings is 1. The minimum absolute atomic E-state index is 0. The number of guanidine groups is 1. The van der Waals surface area contributed by atoms with Crippen LogP contribution < -0.4 is 5.32 Å². The Morgan fingerprint density at radius 2 is 1.80 bits per heavy atom. The van der Waals surface area contributed by atoms with Crippen LogP contribution in [-0.2, 0) is 4.74 Å². The van der Waals surface area contributed by atoms with Gasteiger partial charge in [-0.25, -0.2) is 4.79 Å². The third-order valence-electron chi connectivity index (χ3n) is 3.13. The number of rotatable bonds is 4. The monoisotopic (exact) mass is 398 g/mol. The van der Waals surface area contributed by atoms with Gasteiger partial charge in [0.15, 0.2) is 5.96 Å². The van der Waals surface area contributed by atoms with Crippen LogP contribution in [0.4, 0.5) is 4.79 Å². The van der Waals surface area contributed by atoms with Crippen molar-refractivity contribution < 1.29 is 9.53 Å². The van der Waals surface area contributed by atoms with Crippen molar-refractivity contribution in [1.82, 2.24) is 15.1 Å². The first-order chi connectivity index (χ1) is 9.22. The number of unbranched alkanes of at least 4 members (excludes halogenated alkanes) is 1. The maximum atomic E-state index is 11.6. The Balaban J connectivity index is 0.00000361. The number of carbonyl (C=O) groups is 1. The van der Waals surface area contributed by atoms with Crippen LogP contribution in [0.25, 0.3) is 0 Å². The van der Waals surface area contributed by atoms with Gasteiger partial charge >= 0.3 is 6.09 Å². The Morgan fingerprint density at radius 3 is 2.30 bits per heavy atom. The normalized spacial score (nSPS) is 15.7. The van der Waals surface area contributed by atoms with Crippen LogP contribution in [0.3, 0.4) is 0 Å². The molecule has 1 fully saturated rings. The molecule has 0 saturated carbocycles. The molecule has 0 aromatic heterocycles. The standard InChI is InChI=1S/C13H26N4O2.HI/c1-4-6-7-15-12(14-3)16-8-10-17(11-9-16)13(18)19-5-2;/h4-11H2,1-3H3,(H,14,15);1H. The molecule has 0 aliphatic carbocycles. The molecule has 0 unspecified atom stereocenters. The van der Waals surface area contributed by atoms with Gasteiger partial charge in [0.1, 0.15) is 0 Å². The van der Waals surface area contributed by atoms with Crippen molar-refractivity contribution in [2.24, 2.45) is 4.99 Å². The zero-order valence-electron chi connectivity index (χ0n) is 12.7. The van der Waals surface area contributed by atoms with Gasteiger partial charge in [0.2, 0.25) is 0 Å². The van der Waals surface area contributed by atoms with Crippen LogP contribution in [0.15, 0.2) is 4.99 Å². The highest BCUT2D eigenvalue weighted by atomic mass is 127. The predicted molar refractivity (Wildman–Crippen MR) is 91.9 cm³/mol. The number of hydrogen-bond donors (Lipinski definition) is 1. The van der Waals surface area contributed by atoms with E-state index in [4.69, 9.17) is 4.74 Å². The average Bonchev–Trinajstić information content (AvgIpc) is 2.44. The highest BCUT2D eigenvalue weighted by molar-refractivity contribution is 14.0. The lowest BCUT2D eigenvalue weighted by molar-refractivity contribution is 0.0914. The SMILES string of the molecule is CCCCNC(=NC)N1CCN(C(=O)OCC)CC1.I. The van der Waals surface area contributed by atoms with Crippen molar-refractivity contribution in [3.63, 3.8) is 0 Å². The minimum Gasteiger partial charge on any atom is -0.450 e. The van der Waals surface area contributed by atoms with Crippen molar-refractivity contribution >= 4 is 36.0 Å². The first-order valence-corrected chi connectivity index (χ1v) is 7.10. The summed E-state index contributed by atoms with van der Waals surface area (Å²) in [7, 11) is 1.80. The van der Waals surface area contributed by atoms with Crippen molar-refractivity contribution in [3.05, 3.63) is 0 Å². The first kappa shape index (κ1) is 19.3. The molecule has 1 aliphatic rings. The molecule has 6 nitrogen and oxygen atoms in total. The fraction of sp³-hybridized carbons (Fsp3) is 0.846. The molecule has 1 rings (SSSR count). The molecule has 1 saturated heterocycles. The van der Waals surface area contributed by atoms with Crippen LogP contribution >= 0.6 is 24.0 Å². The van der Waals surface area contributed by atoms with Gasteiger partial charge in [0.25, 0.3) is 0 Å². The maximum Gasteiger partial charge on any atom is 0.409 e. The quantitative estimate of drug-likeness (QED) is 0.339. The molecule has 0 aromatic rings. The van der Waals surface area contributed by atoms with Gasteiger partial charge in [-0.2, -0.15) is 0 Å². The molecule has 0 atom stereocenters. The molecular formula is C13H27IN4O2. The summed E-state index contributed by atoms with van der Waals surface area (Å²) >= 11 is 0. The molecule has 0 spiro atoms. The topological polar surface area (TPSA) is 57.2 Å². The van der Waals surface area contributed by atoms with Crippen molar-refractivity contribution in [3.8, 4) is 0 Å². The second kappa shape index (κ2) is 11.0. The number of amides is 1. The van der Waals surface area contributed by atoms with Gasteiger partial charge in [-0.3, -0.25) is 4.99 Å². The third kappa shape index (κ3) is 6.15. The summed E-state index contributed by atoms with van der Waals surface area (Å²) in [4.78, 5) is 19.8. The zero-order chi connectivity index (χ0) is 14.1. The summed E-state index contributed by atoms with van der Waals surface area (Å²) in [5.74, 6) is 0.928. The largest absolute Gasteiger partial charge is 0.450 e. The highest BCUT2D eigenvalue weighted by Gasteiger charge is 2.23. The van der Waals surface area contributed by atoms with Crippen molar-refractivity contribution in [2.75, 3.05) is 46.4 Å². The number of ether oxygens (including phenoxy) is 1. The molecule has 1 aliphatic heterocycles. The van der Waals surface area contributed by atoms with Gasteiger partial charge in [-0.1, -0.05) is 13.3 Å². The molecular weight excluding hydrogens is 371 g/mol. The van der Waals surface area contributed by atoms with Crippen LogP contribution in [0.2, 0.25) is 0 Å². The van der Waals surface area contributed by atoms with Gasteiger partial charge in [-0.15, -0.1) is 24.0 Å². The van der Waals surface area contributed by atoms with Gasteiger partial charge in [0.05, 0.1) is 6.61 Å². The molecule has 1 heterocycles. The van der Waals surface area contributed by atoms with E-state index in [0.29, 0.717) is 19.7 Å². The predicted octanol–water partition coefficient (Wildman–Crippen LogP) is 1.75. The minimum atomic E-state index is -0.212. The number of carbonyl (C=O) groups excluding carboxylic acids is 1. The van der Waals surface area contributed by atoms with E-state index in [0.717, 1.165) is 32.0 Å². The van der Waals surface area contributed by atoms with E-state index < -0.39 is 0 Å². The van der Waals surface area contributed by atoms with E-state index in [1.54, 1.807) is 11.9 Å². The van der Waals surface area contributed by atoms with Gasteiger partial charge < -0.3 is 19.9 Å². The number of halogens is 1. The van der Waals surface area contributed by atoms with E-state index in [9.17, 15) is 4.79 Å². The summed E-state index contributed by atoms with van der Waals surface area (Å²) in [6.45, 7) is 8.34. The van der Waals surface area contributed by atoms with E-state index in [1.165, 1.54) is 6.42 Å². The van der Waals surface area contributed by atoms with Crippen LogP contribution in [-0.4, -0.2) is 68.2 Å². The second-order valence-corrected chi connectivity index (χ2v) is 4.50. The van der Waals surface area contributed by atoms with Crippen LogP contribution in [0.1, 0.15) is 26.7 Å². The number of aliphatic imine (C=N–C) groups is 1. The Labute approximate surface area is 138 Å².